The molecule has 0 fully saturated rings. The Morgan fingerprint density at radius 1 is 1.50 bits per heavy atom. The van der Waals surface area contributed by atoms with Crippen molar-refractivity contribution < 1.29 is 4.79 Å². The van der Waals surface area contributed by atoms with E-state index < -0.39 is 0 Å². The van der Waals surface area contributed by atoms with Crippen LogP contribution in [0.15, 0.2) is 24.3 Å². The zero-order valence-electron chi connectivity index (χ0n) is 9.45. The summed E-state index contributed by atoms with van der Waals surface area (Å²) in [6.07, 6.45) is 0. The van der Waals surface area contributed by atoms with Gasteiger partial charge in [-0.15, -0.1) is 0 Å². The van der Waals surface area contributed by atoms with Gasteiger partial charge in [0, 0.05) is 12.6 Å². The summed E-state index contributed by atoms with van der Waals surface area (Å²) in [4.78, 5) is 11.3. The number of nitrogens with one attached hydrogen (secondary N) is 2. The third kappa shape index (κ3) is 4.01. The van der Waals surface area contributed by atoms with E-state index in [1.807, 2.05) is 19.9 Å². The summed E-state index contributed by atoms with van der Waals surface area (Å²) >= 11 is 0. The molecule has 0 saturated heterocycles. The van der Waals surface area contributed by atoms with Crippen molar-refractivity contribution in [2.24, 2.45) is 0 Å². The van der Waals surface area contributed by atoms with Crippen molar-refractivity contribution in [2.75, 3.05) is 0 Å². The molecule has 1 aromatic rings. The fraction of sp³-hybridized carbons (Fsp3) is 0.333. The molecular weight excluding hydrogens is 202 g/mol. The summed E-state index contributed by atoms with van der Waals surface area (Å²) in [5.41, 5.74) is 1.52. The molecule has 1 rings (SSSR count). The van der Waals surface area contributed by atoms with Crippen molar-refractivity contribution in [1.82, 2.24) is 10.6 Å². The molecule has 0 aromatic heterocycles. The number of carbonyl (C=O) groups is 1. The summed E-state index contributed by atoms with van der Waals surface area (Å²) < 4.78 is 0. The molecule has 0 aliphatic rings. The van der Waals surface area contributed by atoms with E-state index in [1.165, 1.54) is 0 Å². The third-order valence-corrected chi connectivity index (χ3v) is 1.93. The molecule has 0 atom stereocenters. The predicted molar refractivity (Wildman–Crippen MR) is 61.7 cm³/mol. The van der Waals surface area contributed by atoms with Gasteiger partial charge >= 0.3 is 6.03 Å². The maximum Gasteiger partial charge on any atom is 0.315 e. The lowest BCUT2D eigenvalue weighted by atomic mass is 10.1. The summed E-state index contributed by atoms with van der Waals surface area (Å²) in [7, 11) is 0. The smallest absolute Gasteiger partial charge is 0.315 e. The van der Waals surface area contributed by atoms with Gasteiger partial charge < -0.3 is 10.6 Å². The van der Waals surface area contributed by atoms with Crippen LogP contribution in [0.4, 0.5) is 4.79 Å². The summed E-state index contributed by atoms with van der Waals surface area (Å²) in [5.74, 6) is 0. The standard InChI is InChI=1S/C12H15N3O/c1-9(2)15-12(16)14-8-11-5-3-4-10(6-11)7-13/h3-6,9H,8H2,1-2H3,(H2,14,15,16). The van der Waals surface area contributed by atoms with Crippen LogP contribution >= 0.6 is 0 Å². The monoisotopic (exact) mass is 217 g/mol. The molecule has 84 valence electrons. The highest BCUT2D eigenvalue weighted by Gasteiger charge is 2.02. The molecule has 2 amide bonds. The molecule has 0 unspecified atom stereocenters. The van der Waals surface area contributed by atoms with Crippen molar-refractivity contribution in [3.63, 3.8) is 0 Å². The first-order valence-corrected chi connectivity index (χ1v) is 5.15. The SMILES string of the molecule is CC(C)NC(=O)NCc1cccc(C#N)c1. The molecule has 4 nitrogen and oxygen atoms in total. The van der Waals surface area contributed by atoms with Crippen molar-refractivity contribution in [3.05, 3.63) is 35.4 Å². The van der Waals surface area contributed by atoms with Crippen LogP contribution in [-0.4, -0.2) is 12.1 Å². The van der Waals surface area contributed by atoms with E-state index in [-0.39, 0.29) is 12.1 Å². The number of urea groups is 1. The second-order valence-electron chi connectivity index (χ2n) is 3.79. The normalized spacial score (nSPS) is 9.62. The van der Waals surface area contributed by atoms with Crippen molar-refractivity contribution in [3.8, 4) is 6.07 Å². The van der Waals surface area contributed by atoms with Gasteiger partial charge in [-0.1, -0.05) is 12.1 Å². The summed E-state index contributed by atoms with van der Waals surface area (Å²) in [6, 6.07) is 9.14. The average Bonchev–Trinajstić information content (AvgIpc) is 2.26. The topological polar surface area (TPSA) is 64.9 Å². The highest BCUT2D eigenvalue weighted by atomic mass is 16.2. The zero-order valence-corrected chi connectivity index (χ0v) is 9.45. The first-order valence-electron chi connectivity index (χ1n) is 5.15. The first kappa shape index (κ1) is 12.1. The Hall–Kier alpha value is -2.02. The molecule has 0 aliphatic heterocycles. The van der Waals surface area contributed by atoms with Crippen LogP contribution in [0.3, 0.4) is 0 Å². The molecule has 0 spiro atoms. The van der Waals surface area contributed by atoms with Crippen LogP contribution in [0.2, 0.25) is 0 Å². The molecule has 0 aliphatic carbocycles. The number of nitrogens with zero attached hydrogens (tertiary/aromatic N) is 1. The number of hydrogen-bond donors (Lipinski definition) is 2. The number of nitriles is 1. The van der Waals surface area contributed by atoms with Crippen LogP contribution in [0, 0.1) is 11.3 Å². The largest absolute Gasteiger partial charge is 0.336 e. The van der Waals surface area contributed by atoms with Gasteiger partial charge in [-0.25, -0.2) is 4.79 Å². The number of amides is 2. The minimum absolute atomic E-state index is 0.116. The Labute approximate surface area is 95.3 Å². The molecule has 2 N–H and O–H groups in total. The molecule has 0 bridgehead atoms. The quantitative estimate of drug-likeness (QED) is 0.810. The average molecular weight is 217 g/mol. The Morgan fingerprint density at radius 2 is 2.25 bits per heavy atom. The molecule has 16 heavy (non-hydrogen) atoms. The minimum atomic E-state index is -0.197. The van der Waals surface area contributed by atoms with E-state index in [0.29, 0.717) is 12.1 Å². The van der Waals surface area contributed by atoms with Gasteiger partial charge in [-0.2, -0.15) is 5.26 Å². The highest BCUT2D eigenvalue weighted by Crippen LogP contribution is 2.03. The van der Waals surface area contributed by atoms with Gasteiger partial charge in [0.1, 0.15) is 0 Å². The number of hydrogen-bond acceptors (Lipinski definition) is 2. The lowest BCUT2D eigenvalue weighted by Crippen LogP contribution is -2.39. The molecule has 1 aromatic carbocycles. The van der Waals surface area contributed by atoms with Crippen LogP contribution in [0.25, 0.3) is 0 Å². The van der Waals surface area contributed by atoms with Crippen LogP contribution in [0.1, 0.15) is 25.0 Å². The lowest BCUT2D eigenvalue weighted by Gasteiger charge is -2.10. The van der Waals surface area contributed by atoms with Crippen LogP contribution < -0.4 is 10.6 Å². The van der Waals surface area contributed by atoms with Gasteiger partial charge in [-0.3, -0.25) is 0 Å². The predicted octanol–water partition coefficient (Wildman–Crippen LogP) is 1.77. The van der Waals surface area contributed by atoms with Crippen molar-refractivity contribution >= 4 is 6.03 Å². The molecular formula is C12H15N3O. The number of benzene rings is 1. The Kier molecular flexibility index (Phi) is 4.34. The number of rotatable bonds is 3. The van der Waals surface area contributed by atoms with Gasteiger partial charge in [-0.05, 0) is 31.5 Å². The van der Waals surface area contributed by atoms with E-state index in [2.05, 4.69) is 16.7 Å². The van der Waals surface area contributed by atoms with E-state index in [1.54, 1.807) is 18.2 Å². The zero-order chi connectivity index (χ0) is 12.0. The van der Waals surface area contributed by atoms with Crippen molar-refractivity contribution in [2.45, 2.75) is 26.4 Å². The van der Waals surface area contributed by atoms with E-state index in [9.17, 15) is 4.79 Å². The van der Waals surface area contributed by atoms with E-state index in [4.69, 9.17) is 5.26 Å². The fourth-order valence-electron chi connectivity index (χ4n) is 1.25. The second-order valence-corrected chi connectivity index (χ2v) is 3.79. The number of carbonyl (C=O) groups excluding carboxylic acids is 1. The third-order valence-electron chi connectivity index (χ3n) is 1.93. The van der Waals surface area contributed by atoms with E-state index in [0.717, 1.165) is 5.56 Å². The minimum Gasteiger partial charge on any atom is -0.336 e. The molecule has 4 heteroatoms. The summed E-state index contributed by atoms with van der Waals surface area (Å²) in [5, 5.41) is 14.2. The first-order chi connectivity index (χ1) is 7.61. The maximum atomic E-state index is 11.3. The maximum absolute atomic E-state index is 11.3. The molecule has 0 heterocycles. The molecule has 0 saturated carbocycles. The van der Waals surface area contributed by atoms with Crippen LogP contribution in [-0.2, 0) is 6.54 Å². The van der Waals surface area contributed by atoms with Crippen LogP contribution in [0.5, 0.6) is 0 Å². The second kappa shape index (κ2) is 5.76. The Morgan fingerprint density at radius 3 is 2.88 bits per heavy atom. The lowest BCUT2D eigenvalue weighted by molar-refractivity contribution is 0.238. The molecule has 0 radical (unpaired) electrons. The van der Waals surface area contributed by atoms with Crippen molar-refractivity contribution in [1.29, 1.82) is 5.26 Å². The van der Waals surface area contributed by atoms with E-state index >= 15 is 0 Å². The fourth-order valence-corrected chi connectivity index (χ4v) is 1.25. The van der Waals surface area contributed by atoms with Gasteiger partial charge in [0.05, 0.1) is 11.6 Å². The van der Waals surface area contributed by atoms with Gasteiger partial charge in [0.2, 0.25) is 0 Å². The van der Waals surface area contributed by atoms with Gasteiger partial charge in [0.15, 0.2) is 0 Å². The Balaban J connectivity index is 2.49. The Bertz CT molecular complexity index is 407. The highest BCUT2D eigenvalue weighted by molar-refractivity contribution is 5.74. The summed E-state index contributed by atoms with van der Waals surface area (Å²) in [6.45, 7) is 4.22. The van der Waals surface area contributed by atoms with Gasteiger partial charge in [0.25, 0.3) is 0 Å².